The zero-order chi connectivity index (χ0) is 24.1. The molecule has 0 bridgehead atoms. The first kappa shape index (κ1) is 20.1. The summed E-state index contributed by atoms with van der Waals surface area (Å²) in [5.41, 5.74) is 5.56. The van der Waals surface area contributed by atoms with E-state index in [1.54, 1.807) is 4.52 Å². The molecule has 0 radical (unpaired) electrons. The van der Waals surface area contributed by atoms with Crippen LogP contribution in [0.4, 0.5) is 0 Å². The Kier molecular flexibility index (Phi) is 4.38. The van der Waals surface area contributed by atoms with E-state index < -0.39 is 0 Å². The minimum atomic E-state index is 0.484. The Morgan fingerprint density at radius 1 is 0.694 bits per heavy atom. The molecule has 0 saturated carbocycles. The van der Waals surface area contributed by atoms with Gasteiger partial charge < -0.3 is 4.57 Å². The van der Waals surface area contributed by atoms with Crippen molar-refractivity contribution < 1.29 is 0 Å². The van der Waals surface area contributed by atoms with Gasteiger partial charge in [0.1, 0.15) is 6.33 Å². The van der Waals surface area contributed by atoms with Gasteiger partial charge in [0.2, 0.25) is 0 Å². The number of aromatic nitrogens is 6. The third-order valence-corrected chi connectivity index (χ3v) is 6.34. The summed E-state index contributed by atoms with van der Waals surface area (Å²) in [4.78, 5) is 13.5. The molecule has 0 saturated heterocycles. The predicted octanol–water partition coefficient (Wildman–Crippen LogP) is 5.82. The van der Waals surface area contributed by atoms with Crippen molar-refractivity contribution in [3.63, 3.8) is 0 Å². The van der Waals surface area contributed by atoms with E-state index in [1.807, 2.05) is 72.8 Å². The summed E-state index contributed by atoms with van der Waals surface area (Å²) in [5.74, 6) is 1.73. The molecule has 7 heteroatoms. The minimum Gasteiger partial charge on any atom is -0.309 e. The molecule has 0 aliphatic heterocycles. The van der Waals surface area contributed by atoms with Crippen LogP contribution in [0.15, 0.2) is 103 Å². The molecule has 168 valence electrons. The molecular weight excluding hydrogens is 446 g/mol. The maximum atomic E-state index is 9.55. The maximum absolute atomic E-state index is 9.55. The van der Waals surface area contributed by atoms with Crippen LogP contribution in [-0.2, 0) is 0 Å². The summed E-state index contributed by atoms with van der Waals surface area (Å²) in [6, 6.07) is 34.3. The SMILES string of the molecule is N#Cc1ccc2c(c1)c1cc(-c3ncnc4nc(-c5ccccc5)nn34)ccc1n2-c1ccccc1. The van der Waals surface area contributed by atoms with E-state index in [-0.39, 0.29) is 0 Å². The number of nitriles is 1. The molecule has 36 heavy (non-hydrogen) atoms. The number of para-hydroxylation sites is 1. The zero-order valence-corrected chi connectivity index (χ0v) is 18.9. The van der Waals surface area contributed by atoms with Crippen LogP contribution in [0.25, 0.3) is 56.0 Å². The summed E-state index contributed by atoms with van der Waals surface area (Å²) < 4.78 is 3.90. The van der Waals surface area contributed by atoms with Gasteiger partial charge in [-0.3, -0.25) is 0 Å². The lowest BCUT2D eigenvalue weighted by atomic mass is 10.1. The highest BCUT2D eigenvalue weighted by Gasteiger charge is 2.17. The van der Waals surface area contributed by atoms with Crippen molar-refractivity contribution in [1.29, 1.82) is 5.26 Å². The fraction of sp³-hybridized carbons (Fsp3) is 0. The Hall–Kier alpha value is -5.35. The number of hydrogen-bond donors (Lipinski definition) is 0. The van der Waals surface area contributed by atoms with Crippen molar-refractivity contribution in [2.45, 2.75) is 0 Å². The fourth-order valence-electron chi connectivity index (χ4n) is 4.71. The van der Waals surface area contributed by atoms with E-state index in [1.165, 1.54) is 6.33 Å². The van der Waals surface area contributed by atoms with E-state index in [0.717, 1.165) is 38.6 Å². The Balaban J connectivity index is 1.48. The predicted molar refractivity (Wildman–Crippen MR) is 139 cm³/mol. The molecule has 0 spiro atoms. The second-order valence-corrected chi connectivity index (χ2v) is 8.46. The second-order valence-electron chi connectivity index (χ2n) is 8.46. The molecule has 0 atom stereocenters. The van der Waals surface area contributed by atoms with E-state index >= 15 is 0 Å². The molecule has 0 amide bonds. The van der Waals surface area contributed by atoms with Gasteiger partial charge in [0, 0.05) is 27.6 Å². The van der Waals surface area contributed by atoms with Crippen LogP contribution in [-0.4, -0.2) is 29.1 Å². The maximum Gasteiger partial charge on any atom is 0.256 e. The van der Waals surface area contributed by atoms with E-state index in [4.69, 9.17) is 5.10 Å². The Bertz CT molecular complexity index is 1950. The summed E-state index contributed by atoms with van der Waals surface area (Å²) in [6.07, 6.45) is 1.51. The van der Waals surface area contributed by atoms with Crippen molar-refractivity contribution in [2.24, 2.45) is 0 Å². The third-order valence-electron chi connectivity index (χ3n) is 6.34. The van der Waals surface area contributed by atoms with Crippen molar-refractivity contribution in [1.82, 2.24) is 29.1 Å². The topological polar surface area (TPSA) is 84.7 Å². The van der Waals surface area contributed by atoms with Gasteiger partial charge in [0.15, 0.2) is 11.6 Å². The van der Waals surface area contributed by atoms with Crippen LogP contribution < -0.4 is 0 Å². The zero-order valence-electron chi connectivity index (χ0n) is 18.9. The number of rotatable bonds is 3. The molecule has 3 heterocycles. The highest BCUT2D eigenvalue weighted by Crippen LogP contribution is 2.35. The second kappa shape index (κ2) is 7.86. The monoisotopic (exact) mass is 463 g/mol. The van der Waals surface area contributed by atoms with Crippen LogP contribution in [0.3, 0.4) is 0 Å². The number of fused-ring (bicyclic) bond motifs is 4. The van der Waals surface area contributed by atoms with Gasteiger partial charge in [-0.25, -0.2) is 4.98 Å². The molecule has 7 nitrogen and oxygen atoms in total. The lowest BCUT2D eigenvalue weighted by Gasteiger charge is -2.08. The third kappa shape index (κ3) is 3.06. The summed E-state index contributed by atoms with van der Waals surface area (Å²) in [7, 11) is 0. The van der Waals surface area contributed by atoms with Crippen molar-refractivity contribution in [3.05, 3.63) is 109 Å². The molecule has 0 unspecified atom stereocenters. The molecule has 3 aromatic heterocycles. The van der Waals surface area contributed by atoms with E-state index in [0.29, 0.717) is 23.0 Å². The van der Waals surface area contributed by atoms with Crippen LogP contribution in [0.2, 0.25) is 0 Å². The first-order chi connectivity index (χ1) is 17.8. The number of benzene rings is 4. The summed E-state index contributed by atoms with van der Waals surface area (Å²) in [5, 5.41) is 16.3. The van der Waals surface area contributed by atoms with Gasteiger partial charge >= 0.3 is 0 Å². The van der Waals surface area contributed by atoms with Crippen LogP contribution >= 0.6 is 0 Å². The first-order valence-electron chi connectivity index (χ1n) is 11.5. The Morgan fingerprint density at radius 3 is 2.19 bits per heavy atom. The Morgan fingerprint density at radius 2 is 1.42 bits per heavy atom. The highest BCUT2D eigenvalue weighted by atomic mass is 15.4. The molecular formula is C29H17N7. The molecule has 7 aromatic rings. The van der Waals surface area contributed by atoms with Crippen LogP contribution in [0.5, 0.6) is 0 Å². The van der Waals surface area contributed by atoms with E-state index in [2.05, 4.69) is 49.9 Å². The van der Waals surface area contributed by atoms with Crippen LogP contribution in [0, 0.1) is 11.3 Å². The van der Waals surface area contributed by atoms with Crippen molar-refractivity contribution in [2.75, 3.05) is 0 Å². The average molecular weight is 464 g/mol. The van der Waals surface area contributed by atoms with Gasteiger partial charge in [-0.05, 0) is 48.5 Å². The standard InChI is InChI=1S/C29H17N7/c30-17-19-11-13-25-23(15-19)24-16-21(12-14-26(24)35(25)22-9-5-2-6-10-22)28-31-18-32-29-33-27(34-36(28)29)20-7-3-1-4-8-20/h1-16,18H. The molecule has 0 N–H and O–H groups in total. The fourth-order valence-corrected chi connectivity index (χ4v) is 4.71. The molecule has 0 aliphatic rings. The quantitative estimate of drug-likeness (QED) is 0.330. The van der Waals surface area contributed by atoms with Gasteiger partial charge in [-0.1, -0.05) is 48.5 Å². The summed E-state index contributed by atoms with van der Waals surface area (Å²) in [6.45, 7) is 0. The largest absolute Gasteiger partial charge is 0.309 e. The van der Waals surface area contributed by atoms with E-state index in [9.17, 15) is 5.26 Å². The molecule has 4 aromatic carbocycles. The first-order valence-corrected chi connectivity index (χ1v) is 11.5. The van der Waals surface area contributed by atoms with Gasteiger partial charge in [-0.15, -0.1) is 5.10 Å². The normalized spacial score (nSPS) is 11.3. The lowest BCUT2D eigenvalue weighted by molar-refractivity contribution is 0.905. The number of hydrogen-bond acceptors (Lipinski definition) is 5. The highest BCUT2D eigenvalue weighted by molar-refractivity contribution is 6.10. The summed E-state index contributed by atoms with van der Waals surface area (Å²) >= 11 is 0. The molecule has 0 aliphatic carbocycles. The average Bonchev–Trinajstić information content (AvgIpc) is 3.53. The minimum absolute atomic E-state index is 0.484. The Labute approximate surface area is 205 Å². The van der Waals surface area contributed by atoms with Gasteiger partial charge in [0.25, 0.3) is 5.78 Å². The molecule has 0 fully saturated rings. The molecule has 7 rings (SSSR count). The van der Waals surface area contributed by atoms with Crippen molar-refractivity contribution >= 4 is 27.6 Å². The van der Waals surface area contributed by atoms with Gasteiger partial charge in [-0.2, -0.15) is 19.7 Å². The number of nitrogens with zero attached hydrogens (tertiary/aromatic N) is 7. The lowest BCUT2D eigenvalue weighted by Crippen LogP contribution is -1.99. The van der Waals surface area contributed by atoms with Crippen molar-refractivity contribution in [3.8, 4) is 34.5 Å². The smallest absolute Gasteiger partial charge is 0.256 e. The van der Waals surface area contributed by atoms with Crippen LogP contribution in [0.1, 0.15) is 5.56 Å². The van der Waals surface area contributed by atoms with Gasteiger partial charge in [0.05, 0.1) is 22.7 Å².